The molecule has 0 unspecified atom stereocenters. The Labute approximate surface area is 201 Å². The van der Waals surface area contributed by atoms with Crippen LogP contribution < -0.4 is 5.43 Å². The maximum absolute atomic E-state index is 12.3. The quantitative estimate of drug-likeness (QED) is 0.236. The lowest BCUT2D eigenvalue weighted by Crippen LogP contribution is -2.17. The third kappa shape index (κ3) is 4.14. The standard InChI is InChI=1S/C28H22ClN3O2/c1-18-9-10-21(23-7-3-2-6-22(18)23)17-32-14-13-24-20(5-4-8-26(24)32)16-30-31-28(34)19-11-12-27(33)25(29)15-19/h2-16,33H,17H2,1H3,(H,31,34)/b30-16+. The normalized spacial score (nSPS) is 11.5. The highest BCUT2D eigenvalue weighted by Crippen LogP contribution is 2.26. The first-order chi connectivity index (χ1) is 16.5. The summed E-state index contributed by atoms with van der Waals surface area (Å²) in [6.07, 6.45) is 3.71. The van der Waals surface area contributed by atoms with Crippen LogP contribution in [-0.2, 0) is 6.54 Å². The number of halogens is 1. The number of rotatable bonds is 5. The summed E-state index contributed by atoms with van der Waals surface area (Å²) in [4.78, 5) is 12.3. The van der Waals surface area contributed by atoms with Gasteiger partial charge >= 0.3 is 0 Å². The van der Waals surface area contributed by atoms with Crippen molar-refractivity contribution in [2.24, 2.45) is 5.10 Å². The van der Waals surface area contributed by atoms with E-state index in [1.165, 1.54) is 40.1 Å². The van der Waals surface area contributed by atoms with E-state index in [1.54, 1.807) is 6.21 Å². The van der Waals surface area contributed by atoms with Crippen molar-refractivity contribution in [3.63, 3.8) is 0 Å². The van der Waals surface area contributed by atoms with E-state index >= 15 is 0 Å². The van der Waals surface area contributed by atoms with Gasteiger partial charge < -0.3 is 9.67 Å². The van der Waals surface area contributed by atoms with Crippen molar-refractivity contribution in [1.29, 1.82) is 0 Å². The van der Waals surface area contributed by atoms with Crippen molar-refractivity contribution in [2.45, 2.75) is 13.5 Å². The number of hydrazone groups is 1. The second-order valence-electron chi connectivity index (χ2n) is 8.18. The molecule has 5 aromatic rings. The van der Waals surface area contributed by atoms with Crippen LogP contribution >= 0.6 is 11.6 Å². The molecule has 0 radical (unpaired) electrons. The zero-order valence-corrected chi connectivity index (χ0v) is 19.3. The molecule has 0 bridgehead atoms. The average Bonchev–Trinajstić information content (AvgIpc) is 3.26. The number of hydrogen-bond donors (Lipinski definition) is 2. The van der Waals surface area contributed by atoms with Gasteiger partial charge in [-0.1, -0.05) is 60.1 Å². The number of aryl methyl sites for hydroxylation is 1. The number of phenolic OH excluding ortho intramolecular Hbond substituents is 1. The number of benzene rings is 4. The number of nitrogens with zero attached hydrogens (tertiary/aromatic N) is 2. The fourth-order valence-electron chi connectivity index (χ4n) is 4.20. The number of aromatic hydroxyl groups is 1. The van der Waals surface area contributed by atoms with E-state index in [0.717, 1.165) is 23.0 Å². The van der Waals surface area contributed by atoms with E-state index in [2.05, 4.69) is 76.7 Å². The van der Waals surface area contributed by atoms with Crippen molar-refractivity contribution in [3.05, 3.63) is 112 Å². The van der Waals surface area contributed by atoms with E-state index in [0.29, 0.717) is 5.56 Å². The lowest BCUT2D eigenvalue weighted by atomic mass is 10.0. The van der Waals surface area contributed by atoms with E-state index in [9.17, 15) is 9.90 Å². The van der Waals surface area contributed by atoms with E-state index < -0.39 is 5.91 Å². The van der Waals surface area contributed by atoms with E-state index in [-0.39, 0.29) is 10.8 Å². The second kappa shape index (κ2) is 9.04. The largest absolute Gasteiger partial charge is 0.506 e. The molecule has 1 heterocycles. The number of phenols is 1. The first-order valence-corrected chi connectivity index (χ1v) is 11.3. The molecule has 0 aliphatic heterocycles. The van der Waals surface area contributed by atoms with Gasteiger partial charge in [0.1, 0.15) is 5.75 Å². The van der Waals surface area contributed by atoms with Gasteiger partial charge in [-0.2, -0.15) is 5.10 Å². The zero-order valence-electron chi connectivity index (χ0n) is 18.5. The second-order valence-corrected chi connectivity index (χ2v) is 8.58. The molecule has 4 aromatic carbocycles. The molecule has 1 amide bonds. The Balaban J connectivity index is 1.39. The van der Waals surface area contributed by atoms with Gasteiger partial charge in [0, 0.05) is 34.8 Å². The predicted octanol–water partition coefficient (Wildman–Crippen LogP) is 6.27. The summed E-state index contributed by atoms with van der Waals surface area (Å²) in [5, 5.41) is 17.3. The van der Waals surface area contributed by atoms with Crippen molar-refractivity contribution in [2.75, 3.05) is 0 Å². The van der Waals surface area contributed by atoms with Crippen molar-refractivity contribution >= 4 is 45.4 Å². The van der Waals surface area contributed by atoms with Crippen LogP contribution in [0.15, 0.2) is 90.2 Å². The Morgan fingerprint density at radius 3 is 2.65 bits per heavy atom. The van der Waals surface area contributed by atoms with Gasteiger partial charge in [-0.25, -0.2) is 5.43 Å². The molecule has 6 heteroatoms. The average molecular weight is 468 g/mol. The summed E-state index contributed by atoms with van der Waals surface area (Å²) in [5.41, 5.74) is 7.35. The van der Waals surface area contributed by atoms with Crippen LogP contribution in [0.1, 0.15) is 27.0 Å². The predicted molar refractivity (Wildman–Crippen MR) is 138 cm³/mol. The molecule has 34 heavy (non-hydrogen) atoms. The maximum atomic E-state index is 12.3. The molecule has 0 aliphatic carbocycles. The molecule has 2 N–H and O–H groups in total. The minimum absolute atomic E-state index is 0.0726. The van der Waals surface area contributed by atoms with Gasteiger partial charge in [0.15, 0.2) is 0 Å². The minimum Gasteiger partial charge on any atom is -0.506 e. The van der Waals surface area contributed by atoms with Crippen LogP contribution in [0.5, 0.6) is 5.75 Å². The van der Waals surface area contributed by atoms with Crippen molar-refractivity contribution in [3.8, 4) is 5.75 Å². The van der Waals surface area contributed by atoms with Crippen LogP contribution in [0.4, 0.5) is 0 Å². The number of aromatic nitrogens is 1. The monoisotopic (exact) mass is 467 g/mol. The first kappa shape index (κ1) is 21.7. The summed E-state index contributed by atoms with van der Waals surface area (Å²) >= 11 is 5.88. The van der Waals surface area contributed by atoms with Gasteiger partial charge in [0.2, 0.25) is 0 Å². The van der Waals surface area contributed by atoms with Crippen LogP contribution in [0.25, 0.3) is 21.7 Å². The van der Waals surface area contributed by atoms with Gasteiger partial charge in [0.25, 0.3) is 5.91 Å². The van der Waals surface area contributed by atoms with E-state index in [1.807, 2.05) is 12.1 Å². The molecule has 168 valence electrons. The molecular weight excluding hydrogens is 446 g/mol. The Morgan fingerprint density at radius 2 is 1.82 bits per heavy atom. The summed E-state index contributed by atoms with van der Waals surface area (Å²) < 4.78 is 2.22. The number of nitrogens with one attached hydrogen (secondary N) is 1. The molecule has 0 aliphatic rings. The van der Waals surface area contributed by atoms with Crippen LogP contribution in [0, 0.1) is 6.92 Å². The minimum atomic E-state index is -0.408. The molecule has 0 atom stereocenters. The fourth-order valence-corrected chi connectivity index (χ4v) is 4.38. The summed E-state index contributed by atoms with van der Waals surface area (Å²) in [6.45, 7) is 2.89. The highest BCUT2D eigenvalue weighted by atomic mass is 35.5. The number of fused-ring (bicyclic) bond motifs is 2. The highest BCUT2D eigenvalue weighted by molar-refractivity contribution is 6.32. The molecule has 0 fully saturated rings. The fraction of sp³-hybridized carbons (Fsp3) is 0.0714. The first-order valence-electron chi connectivity index (χ1n) is 10.9. The number of carbonyl (C=O) groups is 1. The zero-order chi connectivity index (χ0) is 23.7. The van der Waals surface area contributed by atoms with Crippen LogP contribution in [0.3, 0.4) is 0 Å². The summed E-state index contributed by atoms with van der Waals surface area (Å²) in [6, 6.07) is 25.2. The Kier molecular flexibility index (Phi) is 5.78. The SMILES string of the molecule is Cc1ccc(Cn2ccc3c(/C=N/NC(=O)c4ccc(O)c(Cl)c4)cccc32)c2ccccc12. The summed E-state index contributed by atoms with van der Waals surface area (Å²) in [5.74, 6) is -0.481. The van der Waals surface area contributed by atoms with Crippen molar-refractivity contribution < 1.29 is 9.90 Å². The van der Waals surface area contributed by atoms with Gasteiger partial charge in [-0.15, -0.1) is 0 Å². The molecule has 5 nitrogen and oxygen atoms in total. The molecule has 0 saturated heterocycles. The Morgan fingerprint density at radius 1 is 1.00 bits per heavy atom. The van der Waals surface area contributed by atoms with Crippen molar-refractivity contribution in [1.82, 2.24) is 9.99 Å². The number of carbonyl (C=O) groups excluding carboxylic acids is 1. The molecule has 5 rings (SSSR count). The smallest absolute Gasteiger partial charge is 0.271 e. The molecule has 0 saturated carbocycles. The molecular formula is C28H22ClN3O2. The van der Waals surface area contributed by atoms with Gasteiger partial charge in [0.05, 0.1) is 11.2 Å². The lowest BCUT2D eigenvalue weighted by Gasteiger charge is -2.11. The summed E-state index contributed by atoms with van der Waals surface area (Å²) in [7, 11) is 0. The van der Waals surface area contributed by atoms with Crippen LogP contribution in [0.2, 0.25) is 5.02 Å². The maximum Gasteiger partial charge on any atom is 0.271 e. The lowest BCUT2D eigenvalue weighted by molar-refractivity contribution is 0.0955. The van der Waals surface area contributed by atoms with E-state index in [4.69, 9.17) is 11.6 Å². The highest BCUT2D eigenvalue weighted by Gasteiger charge is 2.09. The third-order valence-corrected chi connectivity index (χ3v) is 6.30. The van der Waals surface area contributed by atoms with Gasteiger partial charge in [-0.05, 0) is 59.2 Å². The van der Waals surface area contributed by atoms with Crippen LogP contribution in [-0.4, -0.2) is 21.8 Å². The third-order valence-electron chi connectivity index (χ3n) is 6.00. The Bertz CT molecular complexity index is 1570. The molecule has 1 aromatic heterocycles. The topological polar surface area (TPSA) is 66.6 Å². The molecule has 0 spiro atoms. The number of hydrogen-bond acceptors (Lipinski definition) is 3. The van der Waals surface area contributed by atoms with Gasteiger partial charge in [-0.3, -0.25) is 4.79 Å². The Hall–Kier alpha value is -4.09. The number of amides is 1.